The van der Waals surface area contributed by atoms with Gasteiger partial charge in [0.15, 0.2) is 0 Å². The number of ether oxygens (including phenoxy) is 4. The molecule has 14 heavy (non-hydrogen) atoms. The maximum absolute atomic E-state index is 8.17. The van der Waals surface area contributed by atoms with Crippen LogP contribution >= 0.6 is 0 Å². The van der Waals surface area contributed by atoms with Crippen molar-refractivity contribution in [1.29, 1.82) is 0 Å². The normalized spacial score (nSPS) is 11.2. The van der Waals surface area contributed by atoms with E-state index in [2.05, 4.69) is 9.47 Å². The van der Waals surface area contributed by atoms with Crippen LogP contribution in [0.2, 0.25) is 0 Å². The summed E-state index contributed by atoms with van der Waals surface area (Å²) >= 11 is 0. The summed E-state index contributed by atoms with van der Waals surface area (Å²) in [6.07, 6.45) is 7.38. The molecule has 0 aliphatic carbocycles. The second-order valence-electron chi connectivity index (χ2n) is 1.94. The van der Waals surface area contributed by atoms with Gasteiger partial charge >= 0.3 is 0 Å². The maximum atomic E-state index is 8.17. The first kappa shape index (κ1) is 12.2. The number of hydrogen-bond donors (Lipinski definition) is 1. The van der Waals surface area contributed by atoms with Crippen molar-refractivity contribution >= 4 is 0 Å². The Morgan fingerprint density at radius 2 is 1.57 bits per heavy atom. The minimum absolute atomic E-state index is 0.400. The smallest absolute Gasteiger partial charge is 0.125 e. The Kier molecular flexibility index (Phi) is 9.79. The first-order valence-electron chi connectivity index (χ1n) is 3.92. The molecule has 0 amide bonds. The summed E-state index contributed by atoms with van der Waals surface area (Å²) in [4.78, 5) is 0. The highest BCUT2D eigenvalue weighted by atomic mass is 16.5. The Balaban J connectivity index is 3.12. The van der Waals surface area contributed by atoms with Gasteiger partial charge in [-0.25, -0.2) is 0 Å². The zero-order valence-electron chi connectivity index (χ0n) is 7.96. The van der Waals surface area contributed by atoms with Crippen LogP contribution in [0.4, 0.5) is 0 Å². The highest BCUT2D eigenvalue weighted by Crippen LogP contribution is 1.84. The van der Waals surface area contributed by atoms with E-state index < -0.39 is 0 Å². The molecule has 0 fully saturated rings. The molecule has 0 aliphatic heterocycles. The lowest BCUT2D eigenvalue weighted by Crippen LogP contribution is -1.96. The van der Waals surface area contributed by atoms with Crippen LogP contribution in [-0.2, 0) is 18.9 Å². The van der Waals surface area contributed by atoms with Gasteiger partial charge in [-0.2, -0.15) is 0 Å². The quantitative estimate of drug-likeness (QED) is 0.479. The first-order chi connectivity index (χ1) is 6.91. The van der Waals surface area contributed by atoms with Crippen LogP contribution < -0.4 is 0 Å². The molecule has 5 heteroatoms. The van der Waals surface area contributed by atoms with Gasteiger partial charge in [0.25, 0.3) is 0 Å². The van der Waals surface area contributed by atoms with Crippen LogP contribution in [0, 0.1) is 0 Å². The Morgan fingerprint density at radius 3 is 2.14 bits per heavy atom. The molecule has 0 saturated carbocycles. The van der Waals surface area contributed by atoms with E-state index in [9.17, 15) is 0 Å². The predicted molar refractivity (Wildman–Crippen MR) is 50.0 cm³/mol. The minimum atomic E-state index is 0.400. The van der Waals surface area contributed by atoms with Gasteiger partial charge in [0.05, 0.1) is 7.11 Å². The third-order valence-corrected chi connectivity index (χ3v) is 0.977. The van der Waals surface area contributed by atoms with Gasteiger partial charge in [0.2, 0.25) is 0 Å². The summed E-state index contributed by atoms with van der Waals surface area (Å²) in [5.74, 6) is 0. The molecule has 80 valence electrons. The van der Waals surface area contributed by atoms with E-state index in [1.807, 2.05) is 0 Å². The van der Waals surface area contributed by atoms with Crippen molar-refractivity contribution < 1.29 is 24.1 Å². The Hall–Kier alpha value is -1.78. The summed E-state index contributed by atoms with van der Waals surface area (Å²) in [7, 11) is 1.53. The number of methoxy groups -OCH3 is 1. The van der Waals surface area contributed by atoms with Crippen molar-refractivity contribution in [2.45, 2.75) is 0 Å². The fourth-order valence-corrected chi connectivity index (χ4v) is 0.479. The zero-order valence-corrected chi connectivity index (χ0v) is 7.96. The van der Waals surface area contributed by atoms with Crippen molar-refractivity contribution in [1.82, 2.24) is 0 Å². The molecule has 5 nitrogen and oxygen atoms in total. The van der Waals surface area contributed by atoms with Crippen LogP contribution in [0.15, 0.2) is 37.6 Å². The van der Waals surface area contributed by atoms with Gasteiger partial charge in [-0.1, -0.05) is 0 Å². The maximum Gasteiger partial charge on any atom is 0.125 e. The Labute approximate surface area is 82.8 Å². The lowest BCUT2D eigenvalue weighted by molar-refractivity contribution is 0.140. The fourth-order valence-electron chi connectivity index (χ4n) is 0.479. The zero-order chi connectivity index (χ0) is 10.5. The van der Waals surface area contributed by atoms with Crippen molar-refractivity contribution in [3.8, 4) is 0 Å². The average molecular weight is 202 g/mol. The molecule has 0 aromatic rings. The second-order valence-corrected chi connectivity index (χ2v) is 1.94. The van der Waals surface area contributed by atoms with Crippen molar-refractivity contribution in [2.75, 3.05) is 20.3 Å². The van der Waals surface area contributed by atoms with Crippen LogP contribution in [0.25, 0.3) is 0 Å². The molecule has 0 aliphatic rings. The molecule has 0 heterocycles. The van der Waals surface area contributed by atoms with Crippen LogP contribution in [0.5, 0.6) is 0 Å². The molecule has 0 aromatic carbocycles. The van der Waals surface area contributed by atoms with Crippen molar-refractivity contribution in [2.24, 2.45) is 0 Å². The van der Waals surface area contributed by atoms with Crippen molar-refractivity contribution in [3.05, 3.63) is 37.6 Å². The Morgan fingerprint density at radius 1 is 0.929 bits per heavy atom. The molecule has 0 spiro atoms. The first-order valence-corrected chi connectivity index (χ1v) is 3.92. The van der Waals surface area contributed by atoms with Gasteiger partial charge in [-0.3, -0.25) is 0 Å². The summed E-state index contributed by atoms with van der Waals surface area (Å²) in [5, 5.41) is 8.17. The number of hydrogen-bond acceptors (Lipinski definition) is 5. The number of rotatable bonds is 8. The predicted octanol–water partition coefficient (Wildman–Crippen LogP) is 1.65. The van der Waals surface area contributed by atoms with E-state index in [4.69, 9.17) is 14.6 Å². The van der Waals surface area contributed by atoms with E-state index in [0.717, 1.165) is 12.5 Å². The number of aliphatic hydroxyl groups excluding tert-OH is 1. The van der Waals surface area contributed by atoms with Crippen LogP contribution in [0.1, 0.15) is 0 Å². The van der Waals surface area contributed by atoms with Gasteiger partial charge < -0.3 is 24.1 Å². The fraction of sp³-hybridized carbons (Fsp3) is 0.333. The van der Waals surface area contributed by atoms with E-state index in [-0.39, 0.29) is 0 Å². The lowest BCUT2D eigenvalue weighted by Gasteiger charge is -1.99. The van der Waals surface area contributed by atoms with E-state index in [0.29, 0.717) is 13.2 Å². The monoisotopic (exact) mass is 202 g/mol. The van der Waals surface area contributed by atoms with E-state index in [1.165, 1.54) is 32.2 Å². The second kappa shape index (κ2) is 11.2. The van der Waals surface area contributed by atoms with Crippen molar-refractivity contribution in [3.63, 3.8) is 0 Å². The van der Waals surface area contributed by atoms with Crippen LogP contribution in [0.3, 0.4) is 0 Å². The van der Waals surface area contributed by atoms with Gasteiger partial charge in [0, 0.05) is 0 Å². The summed E-state index contributed by atoms with van der Waals surface area (Å²) in [6.45, 7) is 0.816. The Bertz CT molecular complexity index is 186. The van der Waals surface area contributed by atoms with E-state index >= 15 is 0 Å². The highest BCUT2D eigenvalue weighted by molar-refractivity contribution is 4.67. The highest BCUT2D eigenvalue weighted by Gasteiger charge is 1.81. The molecule has 0 aromatic heterocycles. The molecule has 0 bridgehead atoms. The molecule has 1 N–H and O–H groups in total. The van der Waals surface area contributed by atoms with Gasteiger partial charge in [0.1, 0.15) is 50.8 Å². The third kappa shape index (κ3) is 10.2. The average Bonchev–Trinajstić information content (AvgIpc) is 2.21. The number of aliphatic hydroxyl groups is 1. The third-order valence-electron chi connectivity index (χ3n) is 0.977. The molecule has 0 radical (unpaired) electrons. The topological polar surface area (TPSA) is 57.2 Å². The molecule has 0 unspecified atom stereocenters. The standard InChI is InChI=1S/C9H14O5/c1-11-4-5-13-8-9-14-7-6-12-3-2-10/h2-7,10H,8-9H2,1H3/b3-2-,5-4-,7-6-. The molecule has 0 rings (SSSR count). The summed E-state index contributed by atoms with van der Waals surface area (Å²) in [5.41, 5.74) is 0. The van der Waals surface area contributed by atoms with E-state index in [1.54, 1.807) is 0 Å². The molecular formula is C9H14O5. The summed E-state index contributed by atoms with van der Waals surface area (Å²) < 4.78 is 19.1. The summed E-state index contributed by atoms with van der Waals surface area (Å²) in [6, 6.07) is 0. The molecular weight excluding hydrogens is 188 g/mol. The van der Waals surface area contributed by atoms with Gasteiger partial charge in [-0.15, -0.1) is 0 Å². The molecule has 0 saturated heterocycles. The van der Waals surface area contributed by atoms with Crippen LogP contribution in [-0.4, -0.2) is 25.4 Å². The SMILES string of the molecule is CO/C=C\OCCO/C=C\O/C=C\O. The van der Waals surface area contributed by atoms with Gasteiger partial charge in [-0.05, 0) is 0 Å². The largest absolute Gasteiger partial charge is 0.512 e. The molecule has 0 atom stereocenters. The minimum Gasteiger partial charge on any atom is -0.512 e. The lowest BCUT2D eigenvalue weighted by atomic mass is 10.8.